The third kappa shape index (κ3) is 5.00. The van der Waals surface area contributed by atoms with E-state index in [1.165, 1.54) is 0 Å². The van der Waals surface area contributed by atoms with Gasteiger partial charge in [0.05, 0.1) is 24.3 Å². The lowest BCUT2D eigenvalue weighted by atomic mass is 10.1. The highest BCUT2D eigenvalue weighted by molar-refractivity contribution is 5.81. The highest BCUT2D eigenvalue weighted by atomic mass is 16.5. The summed E-state index contributed by atoms with van der Waals surface area (Å²) in [5.74, 6) is -0.0269. The minimum Gasteiger partial charge on any atom is -0.383 e. The lowest BCUT2D eigenvalue weighted by Gasteiger charge is -2.24. The molecule has 1 aromatic carbocycles. The second-order valence-corrected chi connectivity index (χ2v) is 4.69. The molecule has 0 radical (unpaired) electrons. The van der Waals surface area contributed by atoms with Crippen LogP contribution in [0.25, 0.3) is 0 Å². The third-order valence-corrected chi connectivity index (χ3v) is 3.13. The van der Waals surface area contributed by atoms with Crippen molar-refractivity contribution in [2.45, 2.75) is 19.5 Å². The molecule has 1 unspecified atom stereocenters. The van der Waals surface area contributed by atoms with Crippen LogP contribution >= 0.6 is 0 Å². The molecule has 1 aromatic rings. The zero-order chi connectivity index (χ0) is 15.0. The normalized spacial score (nSPS) is 11.9. The van der Waals surface area contributed by atoms with Gasteiger partial charge in [-0.15, -0.1) is 0 Å². The van der Waals surface area contributed by atoms with Crippen molar-refractivity contribution in [3.63, 3.8) is 0 Å². The van der Waals surface area contributed by atoms with Crippen LogP contribution in [0.4, 0.5) is 0 Å². The Kier molecular flexibility index (Phi) is 6.71. The van der Waals surface area contributed by atoms with E-state index in [-0.39, 0.29) is 11.9 Å². The van der Waals surface area contributed by atoms with Crippen molar-refractivity contribution >= 4 is 5.91 Å². The molecule has 5 nitrogen and oxygen atoms in total. The number of nitrogens with zero attached hydrogens (tertiary/aromatic N) is 2. The van der Waals surface area contributed by atoms with Gasteiger partial charge >= 0.3 is 0 Å². The van der Waals surface area contributed by atoms with E-state index in [0.29, 0.717) is 25.3 Å². The van der Waals surface area contributed by atoms with E-state index in [4.69, 9.17) is 10.00 Å². The van der Waals surface area contributed by atoms with Gasteiger partial charge in [0.1, 0.15) is 0 Å². The van der Waals surface area contributed by atoms with Crippen molar-refractivity contribution in [1.29, 1.82) is 5.26 Å². The average molecular weight is 275 g/mol. The van der Waals surface area contributed by atoms with Crippen LogP contribution in [-0.4, -0.2) is 44.2 Å². The predicted octanol–water partition coefficient (Wildman–Crippen LogP) is 1.14. The standard InChI is InChI=1S/C15H21N3O2/c1-12(15(19)17-7-8-20-3)18(2)11-14-6-4-5-13(9-14)10-16/h4-6,9,12H,7-8,11H2,1-3H3,(H,17,19). The number of benzene rings is 1. The Labute approximate surface area is 120 Å². The van der Waals surface area contributed by atoms with Gasteiger partial charge in [-0.3, -0.25) is 9.69 Å². The van der Waals surface area contributed by atoms with Gasteiger partial charge in [-0.1, -0.05) is 12.1 Å². The van der Waals surface area contributed by atoms with Crippen molar-refractivity contribution in [3.05, 3.63) is 35.4 Å². The van der Waals surface area contributed by atoms with Gasteiger partial charge in [0.15, 0.2) is 0 Å². The third-order valence-electron chi connectivity index (χ3n) is 3.13. The average Bonchev–Trinajstić information content (AvgIpc) is 2.46. The number of hydrogen-bond donors (Lipinski definition) is 1. The van der Waals surface area contributed by atoms with Gasteiger partial charge in [0.25, 0.3) is 0 Å². The summed E-state index contributed by atoms with van der Waals surface area (Å²) in [6.45, 7) is 3.49. The number of likely N-dealkylation sites (N-methyl/N-ethyl adjacent to an activating group) is 1. The van der Waals surface area contributed by atoms with E-state index in [2.05, 4.69) is 11.4 Å². The Balaban J connectivity index is 2.54. The van der Waals surface area contributed by atoms with Crippen molar-refractivity contribution in [1.82, 2.24) is 10.2 Å². The number of amides is 1. The first-order valence-corrected chi connectivity index (χ1v) is 6.54. The molecule has 0 aliphatic carbocycles. The van der Waals surface area contributed by atoms with Crippen LogP contribution in [0.5, 0.6) is 0 Å². The maximum atomic E-state index is 11.9. The molecule has 0 aliphatic heterocycles. The number of methoxy groups -OCH3 is 1. The Morgan fingerprint density at radius 3 is 2.95 bits per heavy atom. The Morgan fingerprint density at radius 1 is 1.55 bits per heavy atom. The molecule has 108 valence electrons. The molecule has 0 heterocycles. The summed E-state index contributed by atoms with van der Waals surface area (Å²) in [7, 11) is 3.49. The number of ether oxygens (including phenoxy) is 1. The first kappa shape index (κ1) is 16.2. The van der Waals surface area contributed by atoms with Gasteiger partial charge in [-0.05, 0) is 31.7 Å². The smallest absolute Gasteiger partial charge is 0.237 e. The molecule has 1 atom stereocenters. The zero-order valence-electron chi connectivity index (χ0n) is 12.2. The molecule has 20 heavy (non-hydrogen) atoms. The number of rotatable bonds is 7. The summed E-state index contributed by atoms with van der Waals surface area (Å²) in [5.41, 5.74) is 1.65. The molecule has 1 rings (SSSR count). The predicted molar refractivity (Wildman–Crippen MR) is 77.0 cm³/mol. The lowest BCUT2D eigenvalue weighted by Crippen LogP contribution is -2.43. The maximum absolute atomic E-state index is 11.9. The highest BCUT2D eigenvalue weighted by Crippen LogP contribution is 2.09. The van der Waals surface area contributed by atoms with E-state index in [9.17, 15) is 4.79 Å². The number of carbonyl (C=O) groups excluding carboxylic acids is 1. The SMILES string of the molecule is COCCNC(=O)C(C)N(C)Cc1cccc(C#N)c1. The molecular weight excluding hydrogens is 254 g/mol. The van der Waals surface area contributed by atoms with Gasteiger partial charge in [0, 0.05) is 20.2 Å². The van der Waals surface area contributed by atoms with Crippen LogP contribution in [0.2, 0.25) is 0 Å². The van der Waals surface area contributed by atoms with E-state index < -0.39 is 0 Å². The van der Waals surface area contributed by atoms with E-state index >= 15 is 0 Å². The Hall–Kier alpha value is -1.90. The summed E-state index contributed by atoms with van der Waals surface area (Å²) < 4.78 is 4.89. The molecule has 0 saturated carbocycles. The fourth-order valence-electron chi connectivity index (χ4n) is 1.79. The number of carbonyl (C=O) groups is 1. The second-order valence-electron chi connectivity index (χ2n) is 4.69. The zero-order valence-corrected chi connectivity index (χ0v) is 12.2. The largest absolute Gasteiger partial charge is 0.383 e. The molecule has 0 aromatic heterocycles. The summed E-state index contributed by atoms with van der Waals surface area (Å²) in [6, 6.07) is 9.29. The van der Waals surface area contributed by atoms with Crippen LogP contribution in [0.1, 0.15) is 18.1 Å². The highest BCUT2D eigenvalue weighted by Gasteiger charge is 2.17. The molecule has 1 N–H and O–H groups in total. The molecule has 0 bridgehead atoms. The summed E-state index contributed by atoms with van der Waals surface area (Å²) >= 11 is 0. The minimum absolute atomic E-state index is 0.0269. The molecular formula is C15H21N3O2. The topological polar surface area (TPSA) is 65.4 Å². The first-order chi connectivity index (χ1) is 9.58. The van der Waals surface area contributed by atoms with Gasteiger partial charge in [-0.2, -0.15) is 5.26 Å². The Bertz CT molecular complexity index is 482. The van der Waals surface area contributed by atoms with Gasteiger partial charge in [-0.25, -0.2) is 0 Å². The number of hydrogen-bond acceptors (Lipinski definition) is 4. The van der Waals surface area contributed by atoms with E-state index in [1.54, 1.807) is 13.2 Å². The van der Waals surface area contributed by atoms with E-state index in [1.807, 2.05) is 37.1 Å². The molecule has 5 heteroatoms. The van der Waals surface area contributed by atoms with Crippen molar-refractivity contribution in [2.75, 3.05) is 27.3 Å². The van der Waals surface area contributed by atoms with Crippen molar-refractivity contribution in [2.24, 2.45) is 0 Å². The maximum Gasteiger partial charge on any atom is 0.237 e. The Morgan fingerprint density at radius 2 is 2.30 bits per heavy atom. The summed E-state index contributed by atoms with van der Waals surface area (Å²) in [6.07, 6.45) is 0. The van der Waals surface area contributed by atoms with Crippen LogP contribution in [-0.2, 0) is 16.1 Å². The molecule has 1 amide bonds. The lowest BCUT2D eigenvalue weighted by molar-refractivity contribution is -0.125. The van der Waals surface area contributed by atoms with Gasteiger partial charge < -0.3 is 10.1 Å². The van der Waals surface area contributed by atoms with Crippen LogP contribution < -0.4 is 5.32 Å². The summed E-state index contributed by atoms with van der Waals surface area (Å²) in [5, 5.41) is 11.7. The van der Waals surface area contributed by atoms with E-state index in [0.717, 1.165) is 5.56 Å². The monoisotopic (exact) mass is 275 g/mol. The van der Waals surface area contributed by atoms with Gasteiger partial charge in [0.2, 0.25) is 5.91 Å². The molecule has 0 spiro atoms. The molecule has 0 saturated heterocycles. The molecule has 0 fully saturated rings. The van der Waals surface area contributed by atoms with Crippen molar-refractivity contribution < 1.29 is 9.53 Å². The molecule has 0 aliphatic rings. The van der Waals surface area contributed by atoms with Crippen LogP contribution in [0.15, 0.2) is 24.3 Å². The van der Waals surface area contributed by atoms with Crippen molar-refractivity contribution in [3.8, 4) is 6.07 Å². The second kappa shape index (κ2) is 8.31. The minimum atomic E-state index is -0.238. The first-order valence-electron chi connectivity index (χ1n) is 6.54. The fraction of sp³-hybridized carbons (Fsp3) is 0.467. The number of nitriles is 1. The van der Waals surface area contributed by atoms with Crippen LogP contribution in [0, 0.1) is 11.3 Å². The summed E-state index contributed by atoms with van der Waals surface area (Å²) in [4.78, 5) is 13.9. The van der Waals surface area contributed by atoms with Crippen LogP contribution in [0.3, 0.4) is 0 Å². The fourth-order valence-corrected chi connectivity index (χ4v) is 1.79. The number of nitrogens with one attached hydrogen (secondary N) is 1. The quantitative estimate of drug-likeness (QED) is 0.758.